The lowest BCUT2D eigenvalue weighted by atomic mass is 10.2. The van der Waals surface area contributed by atoms with E-state index in [-0.39, 0.29) is 5.91 Å². The number of fused-ring (bicyclic) bond motifs is 1. The highest BCUT2D eigenvalue weighted by molar-refractivity contribution is 7.16. The minimum Gasteiger partial charge on any atom is -0.493 e. The first-order valence-corrected chi connectivity index (χ1v) is 8.78. The number of hydrogen-bond acceptors (Lipinski definition) is 4. The summed E-state index contributed by atoms with van der Waals surface area (Å²) < 4.78 is 13.5. The van der Waals surface area contributed by atoms with Gasteiger partial charge in [-0.25, -0.2) is 0 Å². The second-order valence-electron chi connectivity index (χ2n) is 5.59. The first-order valence-electron chi connectivity index (χ1n) is 7.97. The second kappa shape index (κ2) is 7.11. The largest absolute Gasteiger partial charge is 0.493 e. The van der Waals surface area contributed by atoms with Crippen molar-refractivity contribution in [1.29, 1.82) is 0 Å². The summed E-state index contributed by atoms with van der Waals surface area (Å²) in [5, 5.41) is 0. The van der Waals surface area contributed by atoms with Crippen LogP contribution in [0.2, 0.25) is 0 Å². The number of amides is 1. The zero-order valence-electron chi connectivity index (χ0n) is 14.7. The minimum atomic E-state index is -0.307. The number of nitrogens with zero attached hydrogens (tertiary/aromatic N) is 2. The molecule has 0 aliphatic heterocycles. The Kier molecular flexibility index (Phi) is 4.90. The monoisotopic (exact) mass is 356 g/mol. The molecule has 0 unspecified atom stereocenters. The van der Waals surface area contributed by atoms with Gasteiger partial charge in [-0.3, -0.25) is 4.79 Å². The van der Waals surface area contributed by atoms with Gasteiger partial charge in [0.1, 0.15) is 0 Å². The van der Waals surface area contributed by atoms with E-state index < -0.39 is 0 Å². The first-order chi connectivity index (χ1) is 12.1. The summed E-state index contributed by atoms with van der Waals surface area (Å²) in [6.07, 6.45) is 0.981. The molecule has 0 atom stereocenters. The Morgan fingerprint density at radius 1 is 1.12 bits per heavy atom. The Hall–Kier alpha value is -2.60. The zero-order valence-corrected chi connectivity index (χ0v) is 15.5. The fraction of sp³-hybridized carbons (Fsp3) is 0.263. The van der Waals surface area contributed by atoms with Crippen molar-refractivity contribution in [3.63, 3.8) is 0 Å². The molecule has 1 heterocycles. The Labute approximate surface area is 150 Å². The van der Waals surface area contributed by atoms with Gasteiger partial charge in [-0.2, -0.15) is 4.99 Å². The van der Waals surface area contributed by atoms with E-state index >= 15 is 0 Å². The van der Waals surface area contributed by atoms with E-state index in [2.05, 4.69) is 30.1 Å². The van der Waals surface area contributed by atoms with E-state index in [4.69, 9.17) is 9.47 Å². The third-order valence-electron chi connectivity index (χ3n) is 4.11. The van der Waals surface area contributed by atoms with Crippen molar-refractivity contribution in [3.8, 4) is 11.5 Å². The van der Waals surface area contributed by atoms with Crippen LogP contribution in [0.15, 0.2) is 41.4 Å². The van der Waals surface area contributed by atoms with Crippen molar-refractivity contribution in [2.24, 2.45) is 12.0 Å². The van der Waals surface area contributed by atoms with E-state index in [9.17, 15) is 4.79 Å². The molecule has 0 N–H and O–H groups in total. The number of ether oxygens (including phenoxy) is 2. The number of thiazole rings is 1. The van der Waals surface area contributed by atoms with E-state index in [1.165, 1.54) is 16.9 Å². The molecule has 25 heavy (non-hydrogen) atoms. The molecule has 0 bridgehead atoms. The van der Waals surface area contributed by atoms with Gasteiger partial charge in [-0.15, -0.1) is 0 Å². The molecule has 3 aromatic rings. The average Bonchev–Trinajstić information content (AvgIpc) is 2.95. The predicted octanol–water partition coefficient (Wildman–Crippen LogP) is 3.56. The van der Waals surface area contributed by atoms with Crippen LogP contribution in [0.25, 0.3) is 10.2 Å². The SMILES string of the molecule is CCc1ccc2c(c1)sc(=NC(=O)c1ccc(OC)c(OC)c1)n2C. The fourth-order valence-electron chi connectivity index (χ4n) is 2.63. The van der Waals surface area contributed by atoms with Crippen molar-refractivity contribution >= 4 is 27.5 Å². The Morgan fingerprint density at radius 2 is 1.88 bits per heavy atom. The molecule has 3 rings (SSSR count). The van der Waals surface area contributed by atoms with Gasteiger partial charge < -0.3 is 14.0 Å². The molecular formula is C19H20N2O3S. The minimum absolute atomic E-state index is 0.307. The molecule has 5 nitrogen and oxygen atoms in total. The number of methoxy groups -OCH3 is 2. The Morgan fingerprint density at radius 3 is 2.56 bits per heavy atom. The van der Waals surface area contributed by atoms with Crippen LogP contribution in [0.5, 0.6) is 11.5 Å². The topological polar surface area (TPSA) is 52.8 Å². The molecule has 0 spiro atoms. The first kappa shape index (κ1) is 17.2. The van der Waals surface area contributed by atoms with Crippen LogP contribution < -0.4 is 14.3 Å². The lowest BCUT2D eigenvalue weighted by Crippen LogP contribution is -2.13. The van der Waals surface area contributed by atoms with Gasteiger partial charge in [-0.1, -0.05) is 24.3 Å². The van der Waals surface area contributed by atoms with E-state index in [1.54, 1.807) is 32.4 Å². The summed E-state index contributed by atoms with van der Waals surface area (Å²) in [6, 6.07) is 11.4. The molecule has 0 aliphatic carbocycles. The summed E-state index contributed by atoms with van der Waals surface area (Å²) in [5.41, 5.74) is 2.80. The zero-order chi connectivity index (χ0) is 18.0. The average molecular weight is 356 g/mol. The van der Waals surface area contributed by atoms with Gasteiger partial charge in [0.2, 0.25) is 0 Å². The van der Waals surface area contributed by atoms with Crippen molar-refractivity contribution in [2.45, 2.75) is 13.3 Å². The van der Waals surface area contributed by atoms with Gasteiger partial charge in [-0.05, 0) is 42.3 Å². The van der Waals surface area contributed by atoms with Crippen LogP contribution in [0.3, 0.4) is 0 Å². The Balaban J connectivity index is 2.04. The highest BCUT2D eigenvalue weighted by atomic mass is 32.1. The summed E-state index contributed by atoms with van der Waals surface area (Å²) in [4.78, 5) is 17.5. The number of benzene rings is 2. The standard InChI is InChI=1S/C19H20N2O3S/c1-5-12-6-8-14-17(10-12)25-19(21(14)2)20-18(22)13-7-9-15(23-3)16(11-13)24-4/h6-11H,5H2,1-4H3. The van der Waals surface area contributed by atoms with Crippen LogP contribution >= 0.6 is 11.3 Å². The van der Waals surface area contributed by atoms with Crippen molar-refractivity contribution in [3.05, 3.63) is 52.3 Å². The third-order valence-corrected chi connectivity index (χ3v) is 5.20. The number of carbonyl (C=O) groups is 1. The molecule has 0 saturated heterocycles. The van der Waals surface area contributed by atoms with E-state index in [0.29, 0.717) is 21.9 Å². The molecule has 2 aromatic carbocycles. The number of carbonyl (C=O) groups excluding carboxylic acids is 1. The van der Waals surface area contributed by atoms with E-state index in [1.807, 2.05) is 11.6 Å². The number of aromatic nitrogens is 1. The van der Waals surface area contributed by atoms with Crippen LogP contribution in [-0.4, -0.2) is 24.7 Å². The summed E-state index contributed by atoms with van der Waals surface area (Å²) in [7, 11) is 5.03. The molecule has 0 saturated carbocycles. The smallest absolute Gasteiger partial charge is 0.279 e. The number of hydrogen-bond donors (Lipinski definition) is 0. The molecular weight excluding hydrogens is 336 g/mol. The molecule has 6 heteroatoms. The highest BCUT2D eigenvalue weighted by Gasteiger charge is 2.11. The van der Waals surface area contributed by atoms with Crippen molar-refractivity contribution in [2.75, 3.05) is 14.2 Å². The lowest BCUT2D eigenvalue weighted by Gasteiger charge is -2.07. The van der Waals surface area contributed by atoms with Crippen LogP contribution in [-0.2, 0) is 13.5 Å². The summed E-state index contributed by atoms with van der Waals surface area (Å²) in [6.45, 7) is 2.13. The Bertz CT molecular complexity index is 1000. The van der Waals surface area contributed by atoms with Crippen LogP contribution in [0.1, 0.15) is 22.8 Å². The molecule has 1 amide bonds. The second-order valence-corrected chi connectivity index (χ2v) is 6.60. The molecule has 1 aromatic heterocycles. The molecule has 130 valence electrons. The summed E-state index contributed by atoms with van der Waals surface area (Å²) in [5.74, 6) is 0.786. The van der Waals surface area contributed by atoms with Gasteiger partial charge in [0.05, 0.1) is 24.4 Å². The van der Waals surface area contributed by atoms with Crippen molar-refractivity contribution < 1.29 is 14.3 Å². The number of rotatable bonds is 4. The fourth-order valence-corrected chi connectivity index (χ4v) is 3.71. The maximum Gasteiger partial charge on any atom is 0.279 e. The predicted molar refractivity (Wildman–Crippen MR) is 99.6 cm³/mol. The third kappa shape index (κ3) is 3.30. The quantitative estimate of drug-likeness (QED) is 0.718. The maximum absolute atomic E-state index is 12.6. The van der Waals surface area contributed by atoms with Gasteiger partial charge in [0.15, 0.2) is 16.3 Å². The highest BCUT2D eigenvalue weighted by Crippen LogP contribution is 2.27. The van der Waals surface area contributed by atoms with Gasteiger partial charge >= 0.3 is 0 Å². The van der Waals surface area contributed by atoms with Gasteiger partial charge in [0, 0.05) is 12.6 Å². The number of aryl methyl sites for hydroxylation is 2. The molecule has 0 radical (unpaired) electrons. The summed E-state index contributed by atoms with van der Waals surface area (Å²) >= 11 is 1.51. The molecule has 0 fully saturated rings. The normalized spacial score (nSPS) is 11.8. The van der Waals surface area contributed by atoms with Crippen LogP contribution in [0, 0.1) is 0 Å². The van der Waals surface area contributed by atoms with E-state index in [0.717, 1.165) is 16.6 Å². The van der Waals surface area contributed by atoms with Gasteiger partial charge in [0.25, 0.3) is 5.91 Å². The van der Waals surface area contributed by atoms with Crippen molar-refractivity contribution in [1.82, 2.24) is 4.57 Å². The lowest BCUT2D eigenvalue weighted by molar-refractivity contribution is 0.0997. The van der Waals surface area contributed by atoms with Crippen LogP contribution in [0.4, 0.5) is 0 Å². The molecule has 0 aliphatic rings. The maximum atomic E-state index is 12.6.